The first-order chi connectivity index (χ1) is 4.47. The minimum absolute atomic E-state index is 0.735. The fraction of sp³-hybridized carbons (Fsp3) is 0.167. The van der Waals surface area contributed by atoms with Gasteiger partial charge in [0, 0.05) is 11.8 Å². The van der Waals surface area contributed by atoms with Crippen LogP contribution in [0.2, 0.25) is 0 Å². The van der Waals surface area contributed by atoms with Crippen molar-refractivity contribution in [3.05, 3.63) is 23.5 Å². The van der Waals surface area contributed by atoms with E-state index in [-0.39, 0.29) is 0 Å². The van der Waals surface area contributed by atoms with E-state index in [1.165, 1.54) is 0 Å². The highest BCUT2D eigenvalue weighted by atomic mass is 15.1. The maximum absolute atomic E-state index is 4.03. The third-order valence-electron chi connectivity index (χ3n) is 1.31. The zero-order valence-corrected chi connectivity index (χ0v) is 4.78. The second-order valence-corrected chi connectivity index (χ2v) is 1.91. The van der Waals surface area contributed by atoms with Crippen molar-refractivity contribution >= 4 is 6.21 Å². The van der Waals surface area contributed by atoms with E-state index in [1.807, 2.05) is 6.08 Å². The second-order valence-electron chi connectivity index (χ2n) is 1.91. The first-order valence-electron chi connectivity index (χ1n) is 2.77. The molecule has 0 saturated heterocycles. The Hall–Kier alpha value is -1.25. The molecule has 0 atom stereocenters. The molecule has 0 bridgehead atoms. The lowest BCUT2D eigenvalue weighted by molar-refractivity contribution is 1.12. The molecule has 3 nitrogen and oxygen atoms in total. The van der Waals surface area contributed by atoms with E-state index in [4.69, 9.17) is 0 Å². The molecular weight excluding hydrogens is 114 g/mol. The van der Waals surface area contributed by atoms with Gasteiger partial charge >= 0.3 is 0 Å². The molecule has 0 aliphatic carbocycles. The van der Waals surface area contributed by atoms with Crippen molar-refractivity contribution in [1.82, 2.24) is 0 Å². The Labute approximate surface area is 52.5 Å². The average Bonchev–Trinajstić information content (AvgIpc) is 2.33. The minimum atomic E-state index is 0.735. The number of hydrogen-bond acceptors (Lipinski definition) is 3. The van der Waals surface area contributed by atoms with Crippen LogP contribution in [0.4, 0.5) is 0 Å². The van der Waals surface area contributed by atoms with E-state index in [0.717, 1.165) is 17.8 Å². The van der Waals surface area contributed by atoms with Crippen molar-refractivity contribution in [3.8, 4) is 0 Å². The van der Waals surface area contributed by atoms with Crippen LogP contribution in [0.5, 0.6) is 0 Å². The fourth-order valence-corrected chi connectivity index (χ4v) is 0.828. The highest BCUT2D eigenvalue weighted by Crippen LogP contribution is 2.20. The summed E-state index contributed by atoms with van der Waals surface area (Å²) in [4.78, 5) is 4.03. The molecule has 2 heterocycles. The Balaban J connectivity index is 2.46. The molecule has 0 aromatic heterocycles. The van der Waals surface area contributed by atoms with Gasteiger partial charge in [-0.1, -0.05) is 0 Å². The van der Waals surface area contributed by atoms with Crippen LogP contribution in [0.3, 0.4) is 0 Å². The van der Waals surface area contributed by atoms with Gasteiger partial charge in [0.15, 0.2) is 0 Å². The molecule has 0 radical (unpaired) electrons. The van der Waals surface area contributed by atoms with Crippen molar-refractivity contribution in [2.45, 2.75) is 0 Å². The van der Waals surface area contributed by atoms with E-state index in [1.54, 1.807) is 12.4 Å². The van der Waals surface area contributed by atoms with Gasteiger partial charge in [0.05, 0.1) is 18.4 Å². The lowest BCUT2D eigenvalue weighted by atomic mass is 10.2. The average molecular weight is 119 g/mol. The fourth-order valence-electron chi connectivity index (χ4n) is 0.828. The van der Waals surface area contributed by atoms with Crippen molar-refractivity contribution < 1.29 is 0 Å². The number of fused-ring (bicyclic) bond motifs is 1. The maximum Gasteiger partial charge on any atom is 0.0938 e. The summed E-state index contributed by atoms with van der Waals surface area (Å²) < 4.78 is 0. The Morgan fingerprint density at radius 1 is 1.44 bits per heavy atom. The summed E-state index contributed by atoms with van der Waals surface area (Å²) in [5.74, 6) is 0. The second kappa shape index (κ2) is 1.62. The zero-order chi connectivity index (χ0) is 6.10. The summed E-state index contributed by atoms with van der Waals surface area (Å²) in [6.07, 6.45) is 5.38. The number of hydrogen-bond donors (Lipinski definition) is 0. The summed E-state index contributed by atoms with van der Waals surface area (Å²) in [6.45, 7) is 0.735. The Morgan fingerprint density at radius 3 is 3.33 bits per heavy atom. The van der Waals surface area contributed by atoms with E-state index in [2.05, 4.69) is 15.2 Å². The highest BCUT2D eigenvalue weighted by molar-refractivity contribution is 5.76. The molecule has 3 heteroatoms. The van der Waals surface area contributed by atoms with Crippen LogP contribution < -0.4 is 0 Å². The zero-order valence-electron chi connectivity index (χ0n) is 4.78. The van der Waals surface area contributed by atoms with Crippen molar-refractivity contribution in [2.24, 2.45) is 15.2 Å². The molecule has 0 amide bonds. The molecule has 0 unspecified atom stereocenters. The molecule has 0 aromatic rings. The van der Waals surface area contributed by atoms with Gasteiger partial charge in [-0.3, -0.25) is 4.99 Å². The van der Waals surface area contributed by atoms with Crippen LogP contribution in [-0.4, -0.2) is 12.8 Å². The van der Waals surface area contributed by atoms with Crippen LogP contribution in [0.1, 0.15) is 0 Å². The van der Waals surface area contributed by atoms with Gasteiger partial charge in [-0.2, -0.15) is 10.2 Å². The Kier molecular flexibility index (Phi) is 0.828. The number of dihydropyridines is 1. The molecule has 0 fully saturated rings. The van der Waals surface area contributed by atoms with E-state index < -0.39 is 0 Å². The third kappa shape index (κ3) is 0.614. The molecular formula is C6H5N3. The lowest BCUT2D eigenvalue weighted by Crippen LogP contribution is -1.94. The van der Waals surface area contributed by atoms with Gasteiger partial charge < -0.3 is 0 Å². The van der Waals surface area contributed by atoms with Crippen molar-refractivity contribution in [3.63, 3.8) is 0 Å². The van der Waals surface area contributed by atoms with Gasteiger partial charge in [0.1, 0.15) is 0 Å². The molecule has 2 aliphatic rings. The topological polar surface area (TPSA) is 37.1 Å². The van der Waals surface area contributed by atoms with Crippen molar-refractivity contribution in [1.29, 1.82) is 0 Å². The predicted molar refractivity (Wildman–Crippen MR) is 34.4 cm³/mol. The highest BCUT2D eigenvalue weighted by Gasteiger charge is 2.09. The molecule has 2 rings (SSSR count). The molecule has 2 aliphatic heterocycles. The lowest BCUT2D eigenvalue weighted by Gasteiger charge is -1.99. The minimum Gasteiger partial charge on any atom is -0.288 e. The summed E-state index contributed by atoms with van der Waals surface area (Å²) in [5.41, 5.74) is 2.09. The molecule has 0 aromatic carbocycles. The number of allylic oxidation sites excluding steroid dienone is 1. The first-order valence-corrected chi connectivity index (χ1v) is 2.77. The molecule has 0 spiro atoms. The standard InChI is InChI=1S/C6H5N3/c1-2-7-3-5-4-8-9-6(1)5/h1-2,4H,3H2. The van der Waals surface area contributed by atoms with E-state index in [9.17, 15) is 0 Å². The summed E-state index contributed by atoms with van der Waals surface area (Å²) >= 11 is 0. The van der Waals surface area contributed by atoms with Crippen molar-refractivity contribution in [2.75, 3.05) is 6.54 Å². The summed E-state index contributed by atoms with van der Waals surface area (Å²) in [7, 11) is 0. The van der Waals surface area contributed by atoms with Gasteiger partial charge in [0.25, 0.3) is 0 Å². The molecule has 0 saturated carbocycles. The Bertz CT molecular complexity index is 245. The number of azo groups is 1. The van der Waals surface area contributed by atoms with Crippen LogP contribution in [-0.2, 0) is 0 Å². The van der Waals surface area contributed by atoms with Crippen LogP contribution in [0.25, 0.3) is 0 Å². The van der Waals surface area contributed by atoms with Crippen LogP contribution in [0.15, 0.2) is 38.8 Å². The molecule has 9 heavy (non-hydrogen) atoms. The van der Waals surface area contributed by atoms with E-state index in [0.29, 0.717) is 0 Å². The van der Waals surface area contributed by atoms with Crippen LogP contribution >= 0.6 is 0 Å². The first kappa shape index (κ1) is 4.61. The molecule has 44 valence electrons. The monoisotopic (exact) mass is 119 g/mol. The maximum atomic E-state index is 4.03. The number of rotatable bonds is 0. The quantitative estimate of drug-likeness (QED) is 0.461. The van der Waals surface area contributed by atoms with E-state index >= 15 is 0 Å². The normalized spacial score (nSPS) is 21.3. The summed E-state index contributed by atoms with van der Waals surface area (Å²) in [6, 6.07) is 0. The largest absolute Gasteiger partial charge is 0.288 e. The van der Waals surface area contributed by atoms with Gasteiger partial charge in [-0.05, 0) is 6.08 Å². The Morgan fingerprint density at radius 2 is 2.44 bits per heavy atom. The predicted octanol–water partition coefficient (Wildman–Crippen LogP) is 1.30. The number of nitrogens with zero attached hydrogens (tertiary/aromatic N) is 3. The summed E-state index contributed by atoms with van der Waals surface area (Å²) in [5, 5.41) is 7.60. The van der Waals surface area contributed by atoms with Gasteiger partial charge in [-0.15, -0.1) is 0 Å². The van der Waals surface area contributed by atoms with Gasteiger partial charge in [-0.25, -0.2) is 0 Å². The number of aliphatic imine (C=N–C) groups is 1. The SMILES string of the molecule is C1=NCC2=CN=NC2=C1. The van der Waals surface area contributed by atoms with Crippen LogP contribution in [0, 0.1) is 0 Å². The third-order valence-corrected chi connectivity index (χ3v) is 1.31. The smallest absolute Gasteiger partial charge is 0.0938 e. The molecule has 0 N–H and O–H groups in total. The van der Waals surface area contributed by atoms with Gasteiger partial charge in [0.2, 0.25) is 0 Å².